The maximum atomic E-state index is 4.92. The second kappa shape index (κ2) is 10.3. The molecule has 0 radical (unpaired) electrons. The van der Waals surface area contributed by atoms with E-state index in [1.165, 1.54) is 5.56 Å². The number of rotatable bonds is 5. The molecule has 176 valence electrons. The van der Waals surface area contributed by atoms with Crippen molar-refractivity contribution >= 4 is 15.9 Å². The molecule has 0 N–H and O–H groups in total. The lowest BCUT2D eigenvalue weighted by Gasteiger charge is -2.10. The molecule has 1 heterocycles. The molecule has 0 bridgehead atoms. The monoisotopic (exact) mass is 539 g/mol. The SMILES string of the molecule is Brc1cccc(-c2cccc(-c3nc(-c4ccccc4)nc(-c4ccc(-c5ccccc5)cc4)n3)c2)c1. The van der Waals surface area contributed by atoms with Gasteiger partial charge in [0.05, 0.1) is 0 Å². The van der Waals surface area contributed by atoms with Crippen LogP contribution in [0.1, 0.15) is 0 Å². The van der Waals surface area contributed by atoms with Crippen LogP contribution in [0.25, 0.3) is 56.4 Å². The summed E-state index contributed by atoms with van der Waals surface area (Å²) in [4.78, 5) is 14.7. The smallest absolute Gasteiger partial charge is 0.164 e. The number of hydrogen-bond donors (Lipinski definition) is 0. The molecule has 1 aromatic heterocycles. The van der Waals surface area contributed by atoms with Crippen LogP contribution in [0.2, 0.25) is 0 Å². The molecule has 0 aliphatic heterocycles. The highest BCUT2D eigenvalue weighted by molar-refractivity contribution is 9.10. The molecule has 0 spiro atoms. The minimum absolute atomic E-state index is 0.646. The van der Waals surface area contributed by atoms with Crippen molar-refractivity contribution < 1.29 is 0 Å². The molecule has 0 fully saturated rings. The summed E-state index contributed by atoms with van der Waals surface area (Å²) in [5.74, 6) is 1.95. The van der Waals surface area contributed by atoms with Gasteiger partial charge in [-0.3, -0.25) is 0 Å². The fourth-order valence-electron chi connectivity index (χ4n) is 4.30. The van der Waals surface area contributed by atoms with Crippen LogP contribution >= 0.6 is 15.9 Å². The van der Waals surface area contributed by atoms with Crippen molar-refractivity contribution in [1.82, 2.24) is 15.0 Å². The zero-order valence-electron chi connectivity index (χ0n) is 19.9. The first kappa shape index (κ1) is 23.0. The minimum Gasteiger partial charge on any atom is -0.208 e. The quantitative estimate of drug-likeness (QED) is 0.219. The summed E-state index contributed by atoms with van der Waals surface area (Å²) in [7, 11) is 0. The molecule has 0 unspecified atom stereocenters. The van der Waals surface area contributed by atoms with E-state index in [1.54, 1.807) is 0 Å². The van der Waals surface area contributed by atoms with Crippen molar-refractivity contribution in [3.8, 4) is 56.4 Å². The van der Waals surface area contributed by atoms with Gasteiger partial charge in [0.25, 0.3) is 0 Å². The maximum Gasteiger partial charge on any atom is 0.164 e. The summed E-state index contributed by atoms with van der Waals surface area (Å²) in [6.45, 7) is 0. The second-order valence-electron chi connectivity index (χ2n) is 8.71. The van der Waals surface area contributed by atoms with Crippen molar-refractivity contribution in [3.05, 3.63) is 138 Å². The largest absolute Gasteiger partial charge is 0.208 e. The topological polar surface area (TPSA) is 38.7 Å². The standard InChI is InChI=1S/C33H22BrN3/c34-30-16-8-14-28(22-30)27-13-7-15-29(21-27)33-36-31(25-11-5-2-6-12-25)35-32(37-33)26-19-17-24(18-20-26)23-9-3-1-4-10-23/h1-22H. The summed E-state index contributed by atoms with van der Waals surface area (Å²) in [6, 6.07) is 45.4. The molecular weight excluding hydrogens is 518 g/mol. The second-order valence-corrected chi connectivity index (χ2v) is 9.62. The van der Waals surface area contributed by atoms with E-state index in [-0.39, 0.29) is 0 Å². The number of aromatic nitrogens is 3. The normalized spacial score (nSPS) is 10.8. The molecule has 6 aromatic rings. The minimum atomic E-state index is 0.646. The molecule has 0 saturated heterocycles. The summed E-state index contributed by atoms with van der Waals surface area (Å²) in [5, 5.41) is 0. The van der Waals surface area contributed by atoms with E-state index in [0.717, 1.165) is 37.9 Å². The highest BCUT2D eigenvalue weighted by Crippen LogP contribution is 2.30. The van der Waals surface area contributed by atoms with Gasteiger partial charge in [0.1, 0.15) is 0 Å². The van der Waals surface area contributed by atoms with Crippen LogP contribution in [-0.2, 0) is 0 Å². The number of hydrogen-bond acceptors (Lipinski definition) is 3. The first-order valence-electron chi connectivity index (χ1n) is 12.1. The Labute approximate surface area is 224 Å². The Morgan fingerprint density at radius 3 is 1.35 bits per heavy atom. The van der Waals surface area contributed by atoms with Gasteiger partial charge in [0, 0.05) is 21.2 Å². The first-order chi connectivity index (χ1) is 18.2. The predicted molar refractivity (Wildman–Crippen MR) is 155 cm³/mol. The van der Waals surface area contributed by atoms with Crippen LogP contribution in [0.3, 0.4) is 0 Å². The molecule has 5 aromatic carbocycles. The lowest BCUT2D eigenvalue weighted by molar-refractivity contribution is 1.07. The highest BCUT2D eigenvalue weighted by Gasteiger charge is 2.13. The molecule has 0 atom stereocenters. The molecule has 3 nitrogen and oxygen atoms in total. The Balaban J connectivity index is 1.45. The van der Waals surface area contributed by atoms with E-state index < -0.39 is 0 Å². The van der Waals surface area contributed by atoms with Gasteiger partial charge in [-0.1, -0.05) is 131 Å². The van der Waals surface area contributed by atoms with Gasteiger partial charge in [-0.25, -0.2) is 15.0 Å². The molecule has 0 aliphatic carbocycles. The van der Waals surface area contributed by atoms with Crippen LogP contribution in [0.15, 0.2) is 138 Å². The van der Waals surface area contributed by atoms with Gasteiger partial charge in [0.15, 0.2) is 17.5 Å². The Kier molecular flexibility index (Phi) is 6.40. The van der Waals surface area contributed by atoms with Gasteiger partial charge in [0.2, 0.25) is 0 Å². The number of benzene rings is 5. The molecule has 4 heteroatoms. The average molecular weight is 540 g/mol. The van der Waals surface area contributed by atoms with Crippen LogP contribution in [0.4, 0.5) is 0 Å². The van der Waals surface area contributed by atoms with E-state index in [1.807, 2.05) is 60.7 Å². The fourth-order valence-corrected chi connectivity index (χ4v) is 4.70. The van der Waals surface area contributed by atoms with E-state index in [0.29, 0.717) is 17.5 Å². The molecule has 0 amide bonds. The Bertz CT molecular complexity index is 1660. The highest BCUT2D eigenvalue weighted by atomic mass is 79.9. The summed E-state index contributed by atoms with van der Waals surface area (Å²) >= 11 is 3.58. The van der Waals surface area contributed by atoms with Crippen molar-refractivity contribution in [2.75, 3.05) is 0 Å². The lowest BCUT2D eigenvalue weighted by atomic mass is 10.0. The van der Waals surface area contributed by atoms with E-state index in [2.05, 4.69) is 88.7 Å². The maximum absolute atomic E-state index is 4.92. The van der Waals surface area contributed by atoms with E-state index >= 15 is 0 Å². The summed E-state index contributed by atoms with van der Waals surface area (Å²) < 4.78 is 1.04. The molecule has 0 aliphatic rings. The van der Waals surface area contributed by atoms with Crippen molar-refractivity contribution in [2.24, 2.45) is 0 Å². The van der Waals surface area contributed by atoms with Gasteiger partial charge >= 0.3 is 0 Å². The zero-order valence-corrected chi connectivity index (χ0v) is 21.5. The first-order valence-corrected chi connectivity index (χ1v) is 12.9. The van der Waals surface area contributed by atoms with E-state index in [9.17, 15) is 0 Å². The summed E-state index contributed by atoms with van der Waals surface area (Å²) in [5.41, 5.74) is 7.42. The number of nitrogens with zero attached hydrogens (tertiary/aromatic N) is 3. The summed E-state index contributed by atoms with van der Waals surface area (Å²) in [6.07, 6.45) is 0. The third kappa shape index (κ3) is 5.11. The van der Waals surface area contributed by atoms with Crippen LogP contribution in [0.5, 0.6) is 0 Å². The van der Waals surface area contributed by atoms with Crippen molar-refractivity contribution in [2.45, 2.75) is 0 Å². The molecule has 0 saturated carbocycles. The average Bonchev–Trinajstić information content (AvgIpc) is 2.98. The van der Waals surface area contributed by atoms with Crippen molar-refractivity contribution in [3.63, 3.8) is 0 Å². The predicted octanol–water partition coefficient (Wildman–Crippen LogP) is 8.97. The van der Waals surface area contributed by atoms with Gasteiger partial charge in [-0.15, -0.1) is 0 Å². The lowest BCUT2D eigenvalue weighted by Crippen LogP contribution is -2.00. The van der Waals surface area contributed by atoms with Crippen LogP contribution < -0.4 is 0 Å². The van der Waals surface area contributed by atoms with Gasteiger partial charge in [-0.05, 0) is 40.5 Å². The molecular formula is C33H22BrN3. The Hall–Kier alpha value is -4.41. The third-order valence-electron chi connectivity index (χ3n) is 6.20. The van der Waals surface area contributed by atoms with Gasteiger partial charge in [-0.2, -0.15) is 0 Å². The third-order valence-corrected chi connectivity index (χ3v) is 6.69. The fraction of sp³-hybridized carbons (Fsp3) is 0. The Morgan fingerprint density at radius 2 is 0.730 bits per heavy atom. The van der Waals surface area contributed by atoms with Crippen molar-refractivity contribution in [1.29, 1.82) is 0 Å². The zero-order chi connectivity index (χ0) is 25.0. The van der Waals surface area contributed by atoms with Gasteiger partial charge < -0.3 is 0 Å². The Morgan fingerprint density at radius 1 is 0.324 bits per heavy atom. The van der Waals surface area contributed by atoms with Crippen LogP contribution in [-0.4, -0.2) is 15.0 Å². The van der Waals surface area contributed by atoms with E-state index in [4.69, 9.17) is 15.0 Å². The molecule has 6 rings (SSSR count). The van der Waals surface area contributed by atoms with Crippen LogP contribution in [0, 0.1) is 0 Å². The number of halogens is 1. The molecule has 37 heavy (non-hydrogen) atoms.